The van der Waals surface area contributed by atoms with Crippen LogP contribution in [0.25, 0.3) is 0 Å². The Labute approximate surface area is 172 Å². The van der Waals surface area contributed by atoms with E-state index in [1.54, 1.807) is 0 Å². The zero-order valence-corrected chi connectivity index (χ0v) is 17.5. The van der Waals surface area contributed by atoms with E-state index in [-0.39, 0.29) is 31.7 Å². The first-order valence-corrected chi connectivity index (χ1v) is 10.3. The van der Waals surface area contributed by atoms with Crippen molar-refractivity contribution >= 4 is 12.2 Å². The number of benzene rings is 1. The topological polar surface area (TPSA) is 88.1 Å². The summed E-state index contributed by atoms with van der Waals surface area (Å²) in [6, 6.07) is 9.33. The molecule has 1 aliphatic carbocycles. The number of nitrogens with zero attached hydrogens (tertiary/aromatic N) is 1. The van der Waals surface area contributed by atoms with Crippen LogP contribution in [-0.2, 0) is 16.1 Å². The molecule has 0 radical (unpaired) electrons. The molecular formula is C22H32N2O5. The standard InChI is InChI=1S/C22H32N2O5/c1-21(2,3)29-19(25)23-18-12-8-7-11-17(18)22(27)14-24(15-22)20(26)28-13-16-9-5-4-6-10-16/h4-6,9-10,17-18,27H,7-8,11-15H2,1-3H3,(H,23,25)/t17-,18-/m0/s1. The van der Waals surface area contributed by atoms with Gasteiger partial charge in [0.2, 0.25) is 0 Å². The van der Waals surface area contributed by atoms with Gasteiger partial charge in [-0.3, -0.25) is 0 Å². The number of likely N-dealkylation sites (tertiary alicyclic amines) is 1. The van der Waals surface area contributed by atoms with Gasteiger partial charge >= 0.3 is 12.2 Å². The fourth-order valence-electron chi connectivity index (χ4n) is 4.19. The largest absolute Gasteiger partial charge is 0.445 e. The van der Waals surface area contributed by atoms with Crippen molar-refractivity contribution in [2.24, 2.45) is 5.92 Å². The number of carbonyl (C=O) groups excluding carboxylic acids is 2. The maximum Gasteiger partial charge on any atom is 0.410 e. The number of ether oxygens (including phenoxy) is 2. The molecule has 0 spiro atoms. The van der Waals surface area contributed by atoms with Gasteiger partial charge < -0.3 is 24.8 Å². The number of rotatable bonds is 4. The molecule has 2 fully saturated rings. The lowest BCUT2D eigenvalue weighted by Crippen LogP contribution is -2.70. The fraction of sp³-hybridized carbons (Fsp3) is 0.636. The van der Waals surface area contributed by atoms with Crippen LogP contribution in [0.5, 0.6) is 0 Å². The molecule has 1 heterocycles. The average molecular weight is 405 g/mol. The molecule has 0 aromatic heterocycles. The van der Waals surface area contributed by atoms with E-state index in [4.69, 9.17) is 9.47 Å². The molecule has 0 bridgehead atoms. The molecule has 0 unspecified atom stereocenters. The van der Waals surface area contributed by atoms with Crippen LogP contribution in [-0.4, -0.2) is 52.5 Å². The normalized spacial score (nSPS) is 23.7. The Bertz CT molecular complexity index is 710. The van der Waals surface area contributed by atoms with E-state index in [1.165, 1.54) is 4.90 Å². The highest BCUT2D eigenvalue weighted by Crippen LogP contribution is 2.39. The smallest absolute Gasteiger partial charge is 0.410 e. The van der Waals surface area contributed by atoms with Gasteiger partial charge in [0.1, 0.15) is 17.8 Å². The van der Waals surface area contributed by atoms with E-state index < -0.39 is 23.4 Å². The zero-order valence-electron chi connectivity index (χ0n) is 17.5. The van der Waals surface area contributed by atoms with Crippen LogP contribution in [0.3, 0.4) is 0 Å². The lowest BCUT2D eigenvalue weighted by molar-refractivity contribution is -0.140. The Kier molecular flexibility index (Phi) is 6.36. The van der Waals surface area contributed by atoms with Gasteiger partial charge in [-0.2, -0.15) is 0 Å². The van der Waals surface area contributed by atoms with Gasteiger partial charge in [-0.05, 0) is 39.2 Å². The van der Waals surface area contributed by atoms with Gasteiger partial charge in [0.05, 0.1) is 13.1 Å². The molecule has 160 valence electrons. The molecule has 1 saturated heterocycles. The maximum absolute atomic E-state index is 12.3. The summed E-state index contributed by atoms with van der Waals surface area (Å²) in [4.78, 5) is 26.0. The van der Waals surface area contributed by atoms with Crippen molar-refractivity contribution in [1.29, 1.82) is 0 Å². The number of hydrogen-bond acceptors (Lipinski definition) is 5. The second kappa shape index (κ2) is 8.61. The lowest BCUT2D eigenvalue weighted by atomic mass is 9.70. The van der Waals surface area contributed by atoms with E-state index in [0.717, 1.165) is 31.2 Å². The van der Waals surface area contributed by atoms with Crippen molar-refractivity contribution in [3.05, 3.63) is 35.9 Å². The van der Waals surface area contributed by atoms with Gasteiger partial charge in [-0.15, -0.1) is 0 Å². The molecule has 7 nitrogen and oxygen atoms in total. The summed E-state index contributed by atoms with van der Waals surface area (Å²) in [6.45, 7) is 6.12. The van der Waals surface area contributed by atoms with Crippen molar-refractivity contribution in [2.75, 3.05) is 13.1 Å². The third kappa shape index (κ3) is 5.63. The summed E-state index contributed by atoms with van der Waals surface area (Å²) in [5.41, 5.74) is -0.655. The summed E-state index contributed by atoms with van der Waals surface area (Å²) < 4.78 is 10.7. The Morgan fingerprint density at radius 1 is 1.17 bits per heavy atom. The molecule has 1 saturated carbocycles. The molecule has 1 aromatic rings. The Morgan fingerprint density at radius 2 is 1.83 bits per heavy atom. The van der Waals surface area contributed by atoms with Crippen LogP contribution in [0.15, 0.2) is 30.3 Å². The van der Waals surface area contributed by atoms with E-state index in [9.17, 15) is 14.7 Å². The Hall–Kier alpha value is -2.28. The van der Waals surface area contributed by atoms with Crippen molar-refractivity contribution in [2.45, 2.75) is 70.3 Å². The maximum atomic E-state index is 12.3. The molecule has 29 heavy (non-hydrogen) atoms. The van der Waals surface area contributed by atoms with Crippen molar-refractivity contribution in [3.8, 4) is 0 Å². The lowest BCUT2D eigenvalue weighted by Gasteiger charge is -2.53. The van der Waals surface area contributed by atoms with E-state index >= 15 is 0 Å². The average Bonchev–Trinajstić information content (AvgIpc) is 2.63. The number of amides is 2. The summed E-state index contributed by atoms with van der Waals surface area (Å²) in [5.74, 6) is -0.109. The third-order valence-electron chi connectivity index (χ3n) is 5.55. The summed E-state index contributed by atoms with van der Waals surface area (Å²) >= 11 is 0. The van der Waals surface area contributed by atoms with Gasteiger partial charge in [0, 0.05) is 12.0 Å². The molecule has 2 aliphatic rings. The molecule has 2 atom stereocenters. The van der Waals surface area contributed by atoms with Crippen LogP contribution >= 0.6 is 0 Å². The minimum atomic E-state index is -1.01. The predicted molar refractivity (Wildman–Crippen MR) is 108 cm³/mol. The highest BCUT2D eigenvalue weighted by molar-refractivity contribution is 5.69. The van der Waals surface area contributed by atoms with E-state index in [2.05, 4.69) is 5.32 Å². The van der Waals surface area contributed by atoms with Crippen LogP contribution in [0.4, 0.5) is 9.59 Å². The molecule has 2 N–H and O–H groups in total. The molecule has 2 amide bonds. The minimum absolute atomic E-state index is 0.109. The molecule has 7 heteroatoms. The molecule has 1 aromatic carbocycles. The van der Waals surface area contributed by atoms with Gasteiger partial charge in [0.25, 0.3) is 0 Å². The predicted octanol–water partition coefficient (Wildman–Crippen LogP) is 3.45. The number of hydrogen-bond donors (Lipinski definition) is 2. The van der Waals surface area contributed by atoms with Gasteiger partial charge in [0.15, 0.2) is 0 Å². The quantitative estimate of drug-likeness (QED) is 0.802. The van der Waals surface area contributed by atoms with Crippen molar-refractivity contribution in [3.63, 3.8) is 0 Å². The Morgan fingerprint density at radius 3 is 2.48 bits per heavy atom. The second-order valence-corrected chi connectivity index (χ2v) is 9.14. The van der Waals surface area contributed by atoms with Crippen LogP contribution < -0.4 is 5.32 Å². The summed E-state index contributed by atoms with van der Waals surface area (Å²) in [5, 5.41) is 14.0. The number of β-amino-alcohol motifs (C(OH)–C–C–N with tert-alkyl or cyclic N) is 1. The highest BCUT2D eigenvalue weighted by atomic mass is 16.6. The van der Waals surface area contributed by atoms with Crippen LogP contribution in [0.2, 0.25) is 0 Å². The first-order chi connectivity index (χ1) is 13.7. The number of aliphatic hydroxyl groups is 1. The fourth-order valence-corrected chi connectivity index (χ4v) is 4.19. The third-order valence-corrected chi connectivity index (χ3v) is 5.55. The van der Waals surface area contributed by atoms with Crippen molar-refractivity contribution in [1.82, 2.24) is 10.2 Å². The van der Waals surface area contributed by atoms with Crippen LogP contribution in [0.1, 0.15) is 52.0 Å². The minimum Gasteiger partial charge on any atom is -0.445 e. The van der Waals surface area contributed by atoms with E-state index in [1.807, 2.05) is 51.1 Å². The first-order valence-electron chi connectivity index (χ1n) is 10.3. The highest BCUT2D eigenvalue weighted by Gasteiger charge is 2.53. The second-order valence-electron chi connectivity index (χ2n) is 9.14. The van der Waals surface area contributed by atoms with E-state index in [0.29, 0.717) is 0 Å². The van der Waals surface area contributed by atoms with Crippen molar-refractivity contribution < 1.29 is 24.2 Å². The first kappa shape index (κ1) is 21.4. The molecule has 3 rings (SSSR count). The van der Waals surface area contributed by atoms with Crippen LogP contribution in [0, 0.1) is 5.92 Å². The summed E-state index contributed by atoms with van der Waals surface area (Å²) in [6.07, 6.45) is 2.71. The molecule has 1 aliphatic heterocycles. The summed E-state index contributed by atoms with van der Waals surface area (Å²) in [7, 11) is 0. The Balaban J connectivity index is 1.52. The number of alkyl carbamates (subject to hydrolysis) is 1. The molecular weight excluding hydrogens is 372 g/mol. The number of carbonyl (C=O) groups is 2. The zero-order chi connectivity index (χ0) is 21.1. The monoisotopic (exact) mass is 404 g/mol. The van der Waals surface area contributed by atoms with Gasteiger partial charge in [-0.1, -0.05) is 43.2 Å². The van der Waals surface area contributed by atoms with Gasteiger partial charge in [-0.25, -0.2) is 9.59 Å². The SMILES string of the molecule is CC(C)(C)OC(=O)N[C@H]1CCCC[C@@H]1C1(O)CN(C(=O)OCc2ccccc2)C1. The number of nitrogens with one attached hydrogen (secondary N) is 1.